The number of amides is 1. The first kappa shape index (κ1) is 29.3. The summed E-state index contributed by atoms with van der Waals surface area (Å²) in [6.45, 7) is 6.71. The molecule has 2 N–H and O–H groups in total. The van der Waals surface area contributed by atoms with E-state index in [1.54, 1.807) is 12.3 Å². The van der Waals surface area contributed by atoms with Crippen LogP contribution in [0.1, 0.15) is 24.6 Å². The van der Waals surface area contributed by atoms with Crippen LogP contribution in [0.25, 0.3) is 11.0 Å². The Bertz CT molecular complexity index is 1670. The van der Waals surface area contributed by atoms with Gasteiger partial charge in [-0.1, -0.05) is 13.0 Å². The molecule has 4 aromatic rings. The van der Waals surface area contributed by atoms with Crippen molar-refractivity contribution in [2.45, 2.75) is 32.8 Å². The van der Waals surface area contributed by atoms with Crippen LogP contribution < -0.4 is 25.0 Å². The number of aryl methyl sites for hydroxylation is 2. The minimum atomic E-state index is -0.105. The van der Waals surface area contributed by atoms with E-state index in [-0.39, 0.29) is 12.0 Å². The third-order valence-corrected chi connectivity index (χ3v) is 7.69. The molecule has 1 fully saturated rings. The number of nitrogens with one attached hydrogen (secondary N) is 2. The Morgan fingerprint density at radius 2 is 2.07 bits per heavy atom. The lowest BCUT2D eigenvalue weighted by Crippen LogP contribution is -2.36. The number of fused-ring (bicyclic) bond motifs is 3. The number of carbonyl (C=O) groups excluding carboxylic acids is 1. The lowest BCUT2D eigenvalue weighted by molar-refractivity contribution is -0.116. The molecule has 1 unspecified atom stereocenters. The summed E-state index contributed by atoms with van der Waals surface area (Å²) in [5, 5.41) is 6.41. The van der Waals surface area contributed by atoms with Gasteiger partial charge in [-0.05, 0) is 69.8 Å². The molecule has 11 heteroatoms. The number of likely N-dealkylation sites (N-methyl/N-ethyl adjacent to an activating group) is 1. The minimum absolute atomic E-state index is 0.105. The van der Waals surface area contributed by atoms with Gasteiger partial charge in [0.1, 0.15) is 29.4 Å². The summed E-state index contributed by atoms with van der Waals surface area (Å²) in [6, 6.07) is 11.8. The van der Waals surface area contributed by atoms with Gasteiger partial charge < -0.3 is 29.9 Å². The predicted octanol–water partition coefficient (Wildman–Crippen LogP) is 4.65. The van der Waals surface area contributed by atoms with Crippen molar-refractivity contribution in [3.63, 3.8) is 0 Å². The molecule has 0 spiro atoms. The lowest BCUT2D eigenvalue weighted by atomic mass is 10.2. The number of hydrogen-bond acceptors (Lipinski definition) is 10. The molecule has 228 valence electrons. The molecule has 1 amide bonds. The number of benzene rings is 1. The Hall–Kier alpha value is -4.77. The van der Waals surface area contributed by atoms with Crippen molar-refractivity contribution in [2.24, 2.45) is 5.92 Å². The third kappa shape index (κ3) is 6.89. The molecule has 0 radical (unpaired) electrons. The molecule has 44 heavy (non-hydrogen) atoms. The number of carbonyl (C=O) groups is 1. The number of anilines is 3. The Labute approximate surface area is 257 Å². The van der Waals surface area contributed by atoms with Crippen LogP contribution in [-0.4, -0.2) is 77.1 Å². The zero-order chi connectivity index (χ0) is 30.6. The SMILES string of the molecule is CCc1ccc(Oc2ccc(Nc3ncnc4cc5c(nc34)N(CCNC(=O)/C=C/CN(C)C)C[C@@H]3CC3O5)cc2C)cn1. The molecule has 3 aromatic heterocycles. The molecule has 1 aromatic carbocycles. The summed E-state index contributed by atoms with van der Waals surface area (Å²) in [5.74, 6) is 3.83. The Morgan fingerprint density at radius 3 is 2.84 bits per heavy atom. The van der Waals surface area contributed by atoms with E-state index in [9.17, 15) is 4.79 Å². The summed E-state index contributed by atoms with van der Waals surface area (Å²) in [4.78, 5) is 35.0. The van der Waals surface area contributed by atoms with E-state index < -0.39 is 0 Å². The zero-order valence-corrected chi connectivity index (χ0v) is 25.6. The predicted molar refractivity (Wildman–Crippen MR) is 171 cm³/mol. The van der Waals surface area contributed by atoms with Gasteiger partial charge in [0.2, 0.25) is 5.91 Å². The second-order valence-electron chi connectivity index (χ2n) is 11.5. The summed E-state index contributed by atoms with van der Waals surface area (Å²) in [6.07, 6.45) is 8.80. The quantitative estimate of drug-likeness (QED) is 0.238. The van der Waals surface area contributed by atoms with Crippen LogP contribution in [-0.2, 0) is 11.2 Å². The van der Waals surface area contributed by atoms with E-state index in [4.69, 9.17) is 14.5 Å². The van der Waals surface area contributed by atoms with E-state index >= 15 is 0 Å². The van der Waals surface area contributed by atoms with Gasteiger partial charge in [-0.25, -0.2) is 15.0 Å². The highest BCUT2D eigenvalue weighted by atomic mass is 16.5. The first-order valence-corrected chi connectivity index (χ1v) is 15.0. The maximum absolute atomic E-state index is 12.3. The first-order chi connectivity index (χ1) is 21.4. The van der Waals surface area contributed by atoms with E-state index in [0.717, 1.165) is 47.9 Å². The number of pyridine rings is 2. The molecule has 1 aliphatic carbocycles. The van der Waals surface area contributed by atoms with Crippen LogP contribution in [0.15, 0.2) is 61.1 Å². The normalized spacial score (nSPS) is 17.2. The lowest BCUT2D eigenvalue weighted by Gasteiger charge is -2.24. The molecule has 0 bridgehead atoms. The van der Waals surface area contributed by atoms with Crippen LogP contribution in [0, 0.1) is 12.8 Å². The zero-order valence-electron chi connectivity index (χ0n) is 25.6. The largest absolute Gasteiger partial charge is 0.486 e. The second kappa shape index (κ2) is 12.8. The molecular weight excluding hydrogens is 556 g/mol. The first-order valence-electron chi connectivity index (χ1n) is 15.0. The van der Waals surface area contributed by atoms with Crippen molar-refractivity contribution >= 4 is 34.3 Å². The summed E-state index contributed by atoms with van der Waals surface area (Å²) < 4.78 is 12.4. The van der Waals surface area contributed by atoms with Gasteiger partial charge in [0, 0.05) is 55.6 Å². The second-order valence-corrected chi connectivity index (χ2v) is 11.5. The maximum atomic E-state index is 12.3. The van der Waals surface area contributed by atoms with Crippen LogP contribution in [0.3, 0.4) is 0 Å². The summed E-state index contributed by atoms with van der Waals surface area (Å²) >= 11 is 0. The smallest absolute Gasteiger partial charge is 0.243 e. The molecule has 0 saturated heterocycles. The fourth-order valence-corrected chi connectivity index (χ4v) is 5.18. The summed E-state index contributed by atoms with van der Waals surface area (Å²) in [7, 11) is 3.93. The van der Waals surface area contributed by atoms with Crippen molar-refractivity contribution < 1.29 is 14.3 Å². The topological polar surface area (TPSA) is 118 Å². The van der Waals surface area contributed by atoms with Crippen molar-refractivity contribution in [3.05, 3.63) is 72.3 Å². The highest BCUT2D eigenvalue weighted by Gasteiger charge is 2.44. The van der Waals surface area contributed by atoms with Crippen LogP contribution >= 0.6 is 0 Å². The van der Waals surface area contributed by atoms with E-state index in [1.165, 1.54) is 6.33 Å². The van der Waals surface area contributed by atoms with Gasteiger partial charge in [-0.2, -0.15) is 0 Å². The Kier molecular flexibility index (Phi) is 8.56. The number of aromatic nitrogens is 4. The fraction of sp³-hybridized carbons (Fsp3) is 0.364. The molecule has 1 aliphatic heterocycles. The van der Waals surface area contributed by atoms with Crippen molar-refractivity contribution in [1.82, 2.24) is 30.2 Å². The van der Waals surface area contributed by atoms with Gasteiger partial charge in [-0.15, -0.1) is 0 Å². The van der Waals surface area contributed by atoms with Gasteiger partial charge in [-0.3, -0.25) is 9.78 Å². The van der Waals surface area contributed by atoms with Crippen molar-refractivity contribution in [3.8, 4) is 17.2 Å². The Morgan fingerprint density at radius 1 is 1.18 bits per heavy atom. The molecular formula is C33H38N8O3. The maximum Gasteiger partial charge on any atom is 0.243 e. The Balaban J connectivity index is 1.20. The number of ether oxygens (including phenoxy) is 2. The average molecular weight is 595 g/mol. The van der Waals surface area contributed by atoms with Crippen LogP contribution in [0.2, 0.25) is 0 Å². The van der Waals surface area contributed by atoms with Crippen LogP contribution in [0.5, 0.6) is 17.2 Å². The standard InChI is InChI=1S/C33H38N8O3/c1-5-23-8-10-25(18-35-23)43-27-11-9-24(15-21(27)2)38-32-31-26(36-20-37-32)17-29-33(39-31)41(19-22-16-28(22)44-29)14-12-34-30(42)7-6-13-40(3)4/h6-11,15,17-18,20,22,28H,5,12-14,16,19H2,1-4H3,(H,34,42)(H,36,37,38)/b7-6+/t22-,28?/m0/s1. The van der Waals surface area contributed by atoms with E-state index in [2.05, 4.69) is 37.4 Å². The molecule has 4 heterocycles. The highest BCUT2D eigenvalue weighted by Crippen LogP contribution is 2.44. The number of rotatable bonds is 11. The molecule has 11 nitrogen and oxygen atoms in total. The highest BCUT2D eigenvalue weighted by molar-refractivity contribution is 5.90. The molecule has 6 rings (SSSR count). The van der Waals surface area contributed by atoms with Gasteiger partial charge in [0.15, 0.2) is 17.4 Å². The minimum Gasteiger partial charge on any atom is -0.486 e. The van der Waals surface area contributed by atoms with Gasteiger partial charge >= 0.3 is 0 Å². The molecule has 1 saturated carbocycles. The fourth-order valence-electron chi connectivity index (χ4n) is 5.18. The summed E-state index contributed by atoms with van der Waals surface area (Å²) in [5.41, 5.74) is 4.18. The number of nitrogens with zero attached hydrogens (tertiary/aromatic N) is 6. The van der Waals surface area contributed by atoms with Crippen molar-refractivity contribution in [2.75, 3.05) is 50.5 Å². The van der Waals surface area contributed by atoms with Crippen molar-refractivity contribution in [1.29, 1.82) is 0 Å². The molecule has 2 atom stereocenters. The van der Waals surface area contributed by atoms with Gasteiger partial charge in [0.25, 0.3) is 0 Å². The van der Waals surface area contributed by atoms with E-state index in [0.29, 0.717) is 53.9 Å². The van der Waals surface area contributed by atoms with Gasteiger partial charge in [0.05, 0.1) is 11.7 Å². The third-order valence-electron chi connectivity index (χ3n) is 7.69. The van der Waals surface area contributed by atoms with E-state index in [1.807, 2.05) is 68.4 Å². The average Bonchev–Trinajstić information content (AvgIpc) is 3.76. The molecule has 2 aliphatic rings. The monoisotopic (exact) mass is 594 g/mol. The van der Waals surface area contributed by atoms with Crippen LogP contribution in [0.4, 0.5) is 17.3 Å². The number of hydrogen-bond donors (Lipinski definition) is 2.